The van der Waals surface area contributed by atoms with E-state index in [2.05, 4.69) is 4.74 Å². The molecule has 0 N–H and O–H groups in total. The van der Waals surface area contributed by atoms with Crippen molar-refractivity contribution in [3.05, 3.63) is 47.0 Å². The highest BCUT2D eigenvalue weighted by atomic mass is 16.5. The van der Waals surface area contributed by atoms with Gasteiger partial charge in [-0.15, -0.1) is 0 Å². The summed E-state index contributed by atoms with van der Waals surface area (Å²) >= 11 is 0. The van der Waals surface area contributed by atoms with E-state index < -0.39 is 5.97 Å². The zero-order valence-corrected chi connectivity index (χ0v) is 8.52. The molecule has 1 aliphatic carbocycles. The molecule has 1 aromatic carbocycles. The Balaban J connectivity index is 2.55. The number of hydrogen-bond acceptors (Lipinski definition) is 4. The van der Waals surface area contributed by atoms with Gasteiger partial charge in [0.05, 0.1) is 12.7 Å². The molecule has 0 heterocycles. The molecule has 4 nitrogen and oxygen atoms in total. The van der Waals surface area contributed by atoms with Gasteiger partial charge >= 0.3 is 5.97 Å². The van der Waals surface area contributed by atoms with Crippen LogP contribution in [-0.4, -0.2) is 24.6 Å². The van der Waals surface area contributed by atoms with Crippen LogP contribution in [0.3, 0.4) is 0 Å². The van der Waals surface area contributed by atoms with Gasteiger partial charge in [0, 0.05) is 11.1 Å². The number of ketones is 2. The molecule has 2 rings (SSSR count). The summed E-state index contributed by atoms with van der Waals surface area (Å²) in [5.74, 6) is -1.04. The minimum absolute atomic E-state index is 0.231. The number of ether oxygens (including phenoxy) is 1. The lowest BCUT2D eigenvalue weighted by molar-refractivity contribution is 0.0600. The number of methoxy groups -OCH3 is 1. The Morgan fingerprint density at radius 3 is 2.31 bits per heavy atom. The van der Waals surface area contributed by atoms with Crippen molar-refractivity contribution in [1.29, 1.82) is 0 Å². The van der Waals surface area contributed by atoms with Crippen molar-refractivity contribution in [2.75, 3.05) is 7.11 Å². The van der Waals surface area contributed by atoms with Gasteiger partial charge in [-0.1, -0.05) is 0 Å². The summed E-state index contributed by atoms with van der Waals surface area (Å²) in [6.45, 7) is 0. The molecule has 0 unspecified atom stereocenters. The van der Waals surface area contributed by atoms with Crippen LogP contribution >= 0.6 is 0 Å². The third-order valence-electron chi connectivity index (χ3n) is 2.36. The van der Waals surface area contributed by atoms with Crippen LogP contribution in [-0.2, 0) is 4.74 Å². The SMILES string of the molecule is COC(=O)c1ccc2c(c1)C(=O)C=CC2=O. The second kappa shape index (κ2) is 3.73. The molecule has 1 aromatic rings. The predicted octanol–water partition coefficient (Wildman–Crippen LogP) is 1.41. The van der Waals surface area contributed by atoms with Gasteiger partial charge < -0.3 is 4.74 Å². The lowest BCUT2D eigenvalue weighted by atomic mass is 9.93. The molecule has 16 heavy (non-hydrogen) atoms. The highest BCUT2D eigenvalue weighted by Gasteiger charge is 2.20. The Kier molecular flexibility index (Phi) is 2.40. The largest absolute Gasteiger partial charge is 0.465 e. The van der Waals surface area contributed by atoms with Crippen LogP contribution in [0.5, 0.6) is 0 Å². The van der Waals surface area contributed by atoms with Gasteiger partial charge in [0.1, 0.15) is 0 Å². The number of esters is 1. The number of carbonyl (C=O) groups excluding carboxylic acids is 3. The molecule has 0 aliphatic heterocycles. The summed E-state index contributed by atoms with van der Waals surface area (Å²) in [6, 6.07) is 4.31. The molecule has 0 saturated heterocycles. The number of allylic oxidation sites excluding steroid dienone is 2. The van der Waals surface area contributed by atoms with E-state index in [9.17, 15) is 14.4 Å². The van der Waals surface area contributed by atoms with Crippen molar-refractivity contribution < 1.29 is 19.1 Å². The number of hydrogen-bond donors (Lipinski definition) is 0. The number of rotatable bonds is 1. The van der Waals surface area contributed by atoms with Gasteiger partial charge in [-0.3, -0.25) is 9.59 Å². The molecule has 1 aliphatic rings. The van der Waals surface area contributed by atoms with Gasteiger partial charge in [0.25, 0.3) is 0 Å². The van der Waals surface area contributed by atoms with E-state index in [0.717, 1.165) is 0 Å². The molecule has 0 spiro atoms. The van der Waals surface area contributed by atoms with Gasteiger partial charge in [-0.2, -0.15) is 0 Å². The topological polar surface area (TPSA) is 60.4 Å². The molecule has 0 fully saturated rings. The van der Waals surface area contributed by atoms with Crippen molar-refractivity contribution in [3.63, 3.8) is 0 Å². The maximum atomic E-state index is 11.5. The summed E-state index contributed by atoms with van der Waals surface area (Å²) in [4.78, 5) is 34.2. The van der Waals surface area contributed by atoms with Crippen LogP contribution in [0.25, 0.3) is 0 Å². The van der Waals surface area contributed by atoms with Crippen molar-refractivity contribution in [2.24, 2.45) is 0 Å². The molecule has 0 saturated carbocycles. The van der Waals surface area contributed by atoms with Gasteiger partial charge in [-0.25, -0.2) is 4.79 Å². The highest BCUT2D eigenvalue weighted by Crippen LogP contribution is 2.18. The van der Waals surface area contributed by atoms with Crippen LogP contribution in [0.15, 0.2) is 30.4 Å². The molecule has 4 heteroatoms. The standard InChI is InChI=1S/C12H8O4/c1-16-12(15)7-2-3-8-9(6-7)11(14)5-4-10(8)13/h2-6H,1H3. The minimum Gasteiger partial charge on any atom is -0.465 e. The van der Waals surface area contributed by atoms with Gasteiger partial charge in [0.2, 0.25) is 0 Å². The maximum absolute atomic E-state index is 11.5. The molecular weight excluding hydrogens is 208 g/mol. The third-order valence-corrected chi connectivity index (χ3v) is 2.36. The van der Waals surface area contributed by atoms with Crippen molar-refractivity contribution in [2.45, 2.75) is 0 Å². The molecule has 0 radical (unpaired) electrons. The summed E-state index contributed by atoms with van der Waals surface area (Å²) in [6.07, 6.45) is 2.42. The molecule has 0 amide bonds. The van der Waals surface area contributed by atoms with E-state index in [-0.39, 0.29) is 22.7 Å². The minimum atomic E-state index is -0.530. The summed E-state index contributed by atoms with van der Waals surface area (Å²) in [7, 11) is 1.26. The first kappa shape index (κ1) is 10.3. The van der Waals surface area contributed by atoms with Gasteiger partial charge in [0.15, 0.2) is 11.6 Å². The Labute approximate surface area is 91.5 Å². The van der Waals surface area contributed by atoms with Crippen molar-refractivity contribution >= 4 is 17.5 Å². The zero-order valence-electron chi connectivity index (χ0n) is 8.52. The first-order chi connectivity index (χ1) is 7.63. The van der Waals surface area contributed by atoms with Crippen LogP contribution in [0.1, 0.15) is 31.1 Å². The fourth-order valence-electron chi connectivity index (χ4n) is 1.54. The molecule has 0 bridgehead atoms. The second-order valence-electron chi connectivity index (χ2n) is 3.31. The van der Waals surface area contributed by atoms with E-state index in [4.69, 9.17) is 0 Å². The average molecular weight is 216 g/mol. The van der Waals surface area contributed by atoms with Crippen LogP contribution in [0.2, 0.25) is 0 Å². The fraction of sp³-hybridized carbons (Fsp3) is 0.0833. The van der Waals surface area contributed by atoms with Gasteiger partial charge in [-0.05, 0) is 30.4 Å². The normalized spacial score (nSPS) is 13.6. The lowest BCUT2D eigenvalue weighted by Gasteiger charge is -2.09. The lowest BCUT2D eigenvalue weighted by Crippen LogP contribution is -2.13. The van der Waals surface area contributed by atoms with Crippen molar-refractivity contribution in [3.8, 4) is 0 Å². The van der Waals surface area contributed by atoms with Crippen LogP contribution in [0.4, 0.5) is 0 Å². The summed E-state index contributed by atoms with van der Waals surface area (Å²) in [5.41, 5.74) is 0.827. The van der Waals surface area contributed by atoms with E-state index >= 15 is 0 Å². The zero-order chi connectivity index (χ0) is 11.7. The smallest absolute Gasteiger partial charge is 0.337 e. The number of benzene rings is 1. The second-order valence-corrected chi connectivity index (χ2v) is 3.31. The number of carbonyl (C=O) groups is 3. The Hall–Kier alpha value is -2.23. The van der Waals surface area contributed by atoms with Crippen molar-refractivity contribution in [1.82, 2.24) is 0 Å². The predicted molar refractivity (Wildman–Crippen MR) is 55.6 cm³/mol. The summed E-state index contributed by atoms with van der Waals surface area (Å²) in [5, 5.41) is 0. The molecule has 0 aromatic heterocycles. The first-order valence-corrected chi connectivity index (χ1v) is 4.62. The molecule has 0 atom stereocenters. The van der Waals surface area contributed by atoms with E-state index in [1.54, 1.807) is 0 Å². The summed E-state index contributed by atoms with van der Waals surface area (Å²) < 4.78 is 4.54. The number of fused-ring (bicyclic) bond motifs is 1. The monoisotopic (exact) mass is 216 g/mol. The van der Waals surface area contributed by atoms with Crippen LogP contribution in [0, 0.1) is 0 Å². The Morgan fingerprint density at radius 2 is 1.69 bits per heavy atom. The van der Waals surface area contributed by atoms with E-state index in [0.29, 0.717) is 5.56 Å². The van der Waals surface area contributed by atoms with Crippen LogP contribution < -0.4 is 0 Å². The fourth-order valence-corrected chi connectivity index (χ4v) is 1.54. The van der Waals surface area contributed by atoms with E-state index in [1.165, 1.54) is 37.5 Å². The first-order valence-electron chi connectivity index (χ1n) is 4.62. The maximum Gasteiger partial charge on any atom is 0.337 e. The quantitative estimate of drug-likeness (QED) is 0.666. The Morgan fingerprint density at radius 1 is 1.06 bits per heavy atom. The average Bonchev–Trinajstić information content (AvgIpc) is 2.32. The molecular formula is C12H8O4. The highest BCUT2D eigenvalue weighted by molar-refractivity contribution is 6.22. The van der Waals surface area contributed by atoms with E-state index in [1.807, 2.05) is 0 Å². The Bertz CT molecular complexity index is 526. The third kappa shape index (κ3) is 1.54. The molecule has 80 valence electrons.